The van der Waals surface area contributed by atoms with Gasteiger partial charge in [0.25, 0.3) is 5.91 Å². The van der Waals surface area contributed by atoms with Crippen LogP contribution in [0.2, 0.25) is 0 Å². The summed E-state index contributed by atoms with van der Waals surface area (Å²) < 4.78 is 6.99. The lowest BCUT2D eigenvalue weighted by Crippen LogP contribution is -2.38. The van der Waals surface area contributed by atoms with Crippen molar-refractivity contribution in [2.75, 3.05) is 25.7 Å². The fourth-order valence-corrected chi connectivity index (χ4v) is 4.47. The van der Waals surface area contributed by atoms with Gasteiger partial charge in [-0.2, -0.15) is 11.8 Å². The number of aromatic nitrogens is 3. The molecule has 11 heteroatoms. The molecular formula is C24H28N6O4S. The molecular weight excluding hydrogens is 468 g/mol. The van der Waals surface area contributed by atoms with E-state index in [0.717, 1.165) is 17.1 Å². The number of carbonyl (C=O) groups excluding carboxylic acids is 3. The first kappa shape index (κ1) is 24.5. The normalized spacial score (nSPS) is 16.4. The van der Waals surface area contributed by atoms with Crippen molar-refractivity contribution < 1.29 is 19.1 Å². The second-order valence-corrected chi connectivity index (χ2v) is 9.17. The molecule has 0 unspecified atom stereocenters. The van der Waals surface area contributed by atoms with E-state index in [1.54, 1.807) is 18.9 Å². The van der Waals surface area contributed by atoms with Gasteiger partial charge in [-0.3, -0.25) is 18.9 Å². The van der Waals surface area contributed by atoms with Crippen molar-refractivity contribution in [1.82, 2.24) is 30.1 Å². The third-order valence-electron chi connectivity index (χ3n) is 5.88. The molecule has 1 saturated heterocycles. The molecule has 1 aliphatic heterocycles. The van der Waals surface area contributed by atoms with Gasteiger partial charge in [0.1, 0.15) is 11.8 Å². The van der Waals surface area contributed by atoms with Gasteiger partial charge in [0.15, 0.2) is 11.5 Å². The zero-order chi connectivity index (χ0) is 24.8. The van der Waals surface area contributed by atoms with E-state index >= 15 is 0 Å². The lowest BCUT2D eigenvalue weighted by Gasteiger charge is -2.18. The van der Waals surface area contributed by atoms with Crippen molar-refractivity contribution in [1.29, 1.82) is 0 Å². The first-order valence-corrected chi connectivity index (χ1v) is 12.7. The highest BCUT2D eigenvalue weighted by Gasteiger charge is 2.39. The van der Waals surface area contributed by atoms with Crippen molar-refractivity contribution in [2.45, 2.75) is 31.3 Å². The van der Waals surface area contributed by atoms with Crippen LogP contribution in [0.5, 0.6) is 5.75 Å². The minimum absolute atomic E-state index is 0.143. The minimum atomic E-state index is -0.894. The number of thioether (sulfide) groups is 1. The van der Waals surface area contributed by atoms with Gasteiger partial charge in [-0.25, -0.2) is 4.79 Å². The lowest BCUT2D eigenvalue weighted by molar-refractivity contribution is -0.131. The van der Waals surface area contributed by atoms with Crippen molar-refractivity contribution in [2.24, 2.45) is 0 Å². The van der Waals surface area contributed by atoms with Gasteiger partial charge in [-0.15, -0.1) is 10.2 Å². The molecule has 35 heavy (non-hydrogen) atoms. The van der Waals surface area contributed by atoms with Gasteiger partial charge >= 0.3 is 6.03 Å². The summed E-state index contributed by atoms with van der Waals surface area (Å²) in [7, 11) is 1.60. The summed E-state index contributed by atoms with van der Waals surface area (Å²) in [5.41, 5.74) is 1.67. The number of urea groups is 1. The van der Waals surface area contributed by atoms with E-state index in [-0.39, 0.29) is 24.9 Å². The molecule has 0 bridgehead atoms. The Labute approximate surface area is 207 Å². The molecule has 2 atom stereocenters. The van der Waals surface area contributed by atoms with E-state index in [1.807, 2.05) is 59.3 Å². The zero-order valence-electron chi connectivity index (χ0n) is 19.6. The summed E-state index contributed by atoms with van der Waals surface area (Å²) in [6.45, 7) is 0.233. The zero-order valence-corrected chi connectivity index (χ0v) is 20.5. The average molecular weight is 497 g/mol. The summed E-state index contributed by atoms with van der Waals surface area (Å²) >= 11 is 1.67. The summed E-state index contributed by atoms with van der Waals surface area (Å²) in [6.07, 6.45) is 4.87. The summed E-state index contributed by atoms with van der Waals surface area (Å²) in [4.78, 5) is 39.3. The molecule has 2 aromatic heterocycles. The van der Waals surface area contributed by atoms with Crippen LogP contribution in [0, 0.1) is 0 Å². The van der Waals surface area contributed by atoms with Crippen LogP contribution in [0.4, 0.5) is 4.79 Å². The molecule has 2 N–H and O–H groups in total. The number of methoxy groups -OCH3 is 1. The number of rotatable bonds is 11. The van der Waals surface area contributed by atoms with E-state index in [2.05, 4.69) is 20.8 Å². The number of pyridine rings is 1. The number of nitrogens with one attached hydrogen (secondary N) is 2. The van der Waals surface area contributed by atoms with Gasteiger partial charge in [0.05, 0.1) is 19.6 Å². The molecule has 1 aromatic carbocycles. The molecule has 0 saturated carbocycles. The molecule has 1 aliphatic rings. The molecule has 3 aromatic rings. The molecule has 184 valence electrons. The smallest absolute Gasteiger partial charge is 0.324 e. The number of nitrogens with zero attached hydrogens (tertiary/aromatic N) is 4. The van der Waals surface area contributed by atoms with Crippen LogP contribution in [-0.2, 0) is 16.0 Å². The molecule has 0 spiro atoms. The van der Waals surface area contributed by atoms with Crippen LogP contribution >= 0.6 is 11.8 Å². The third kappa shape index (κ3) is 5.73. The predicted octanol–water partition coefficient (Wildman–Crippen LogP) is 2.20. The standard InChI is InChI=1S/C24H28N6O4S/c1-34-17-8-6-16(7-9-17)10-13-30-23(32)19(26-24(30)33)15-21(31)25-18(11-14-35-2)22-28-27-20-5-3-4-12-29(20)22/h3-9,12,18-19H,10-11,13-15H2,1-2H3,(H,25,31)(H,26,33)/t18-,19+/m1/s1. The first-order valence-electron chi connectivity index (χ1n) is 11.3. The maximum atomic E-state index is 12.9. The predicted molar refractivity (Wildman–Crippen MR) is 132 cm³/mol. The monoisotopic (exact) mass is 496 g/mol. The fraction of sp³-hybridized carbons (Fsp3) is 0.375. The highest BCUT2D eigenvalue weighted by molar-refractivity contribution is 7.98. The number of carbonyl (C=O) groups is 3. The van der Waals surface area contributed by atoms with Crippen LogP contribution in [0.1, 0.15) is 30.3 Å². The summed E-state index contributed by atoms with van der Waals surface area (Å²) in [6, 6.07) is 11.3. The summed E-state index contributed by atoms with van der Waals surface area (Å²) in [5, 5.41) is 14.1. The largest absolute Gasteiger partial charge is 0.497 e. The van der Waals surface area contributed by atoms with Crippen molar-refractivity contribution in [3.05, 3.63) is 60.0 Å². The molecule has 4 rings (SSSR count). The SMILES string of the molecule is COc1ccc(CCN2C(=O)N[C@@H](CC(=O)N[C@H](CCSC)c3nnc4ccccn34)C2=O)cc1. The number of fused-ring (bicyclic) bond motifs is 1. The molecule has 4 amide bonds. The Morgan fingerprint density at radius 2 is 2.00 bits per heavy atom. The number of ether oxygens (including phenoxy) is 1. The van der Waals surface area contributed by atoms with Crippen molar-refractivity contribution in [3.8, 4) is 5.75 Å². The Kier molecular flexibility index (Phi) is 7.86. The Morgan fingerprint density at radius 1 is 1.20 bits per heavy atom. The Bertz CT molecular complexity index is 1200. The minimum Gasteiger partial charge on any atom is -0.497 e. The number of imide groups is 1. The van der Waals surface area contributed by atoms with Crippen molar-refractivity contribution in [3.63, 3.8) is 0 Å². The Morgan fingerprint density at radius 3 is 2.74 bits per heavy atom. The average Bonchev–Trinajstić information content (AvgIpc) is 3.41. The van der Waals surface area contributed by atoms with Gasteiger partial charge in [0.2, 0.25) is 5.91 Å². The third-order valence-corrected chi connectivity index (χ3v) is 6.52. The van der Waals surface area contributed by atoms with E-state index in [9.17, 15) is 14.4 Å². The van der Waals surface area contributed by atoms with Crippen LogP contribution in [-0.4, -0.2) is 69.0 Å². The second-order valence-electron chi connectivity index (χ2n) is 8.18. The van der Waals surface area contributed by atoms with Crippen LogP contribution in [0.3, 0.4) is 0 Å². The van der Waals surface area contributed by atoms with Gasteiger partial charge in [-0.05, 0) is 54.7 Å². The van der Waals surface area contributed by atoms with Gasteiger partial charge in [0, 0.05) is 12.7 Å². The number of amides is 4. The van der Waals surface area contributed by atoms with Gasteiger partial charge < -0.3 is 15.4 Å². The van der Waals surface area contributed by atoms with E-state index in [4.69, 9.17) is 4.74 Å². The van der Waals surface area contributed by atoms with Crippen LogP contribution in [0.25, 0.3) is 5.65 Å². The second kappa shape index (κ2) is 11.2. The fourth-order valence-electron chi connectivity index (χ4n) is 4.00. The van der Waals surface area contributed by atoms with E-state index in [0.29, 0.717) is 24.3 Å². The van der Waals surface area contributed by atoms with Crippen molar-refractivity contribution >= 4 is 35.3 Å². The Hall–Kier alpha value is -3.60. The number of hydrogen-bond acceptors (Lipinski definition) is 7. The topological polar surface area (TPSA) is 118 Å². The van der Waals surface area contributed by atoms with Crippen LogP contribution < -0.4 is 15.4 Å². The number of hydrogen-bond donors (Lipinski definition) is 2. The molecule has 10 nitrogen and oxygen atoms in total. The highest BCUT2D eigenvalue weighted by atomic mass is 32.2. The maximum Gasteiger partial charge on any atom is 0.324 e. The van der Waals surface area contributed by atoms with Crippen LogP contribution in [0.15, 0.2) is 48.7 Å². The molecule has 3 heterocycles. The highest BCUT2D eigenvalue weighted by Crippen LogP contribution is 2.19. The summed E-state index contributed by atoms with van der Waals surface area (Å²) in [5.74, 6) is 1.45. The van der Waals surface area contributed by atoms with E-state index < -0.39 is 18.0 Å². The Balaban J connectivity index is 1.37. The molecule has 0 aliphatic carbocycles. The maximum absolute atomic E-state index is 12.9. The molecule has 0 radical (unpaired) electrons. The molecule has 1 fully saturated rings. The lowest BCUT2D eigenvalue weighted by atomic mass is 10.1. The van der Waals surface area contributed by atoms with E-state index in [1.165, 1.54) is 4.90 Å². The van der Waals surface area contributed by atoms with Gasteiger partial charge in [-0.1, -0.05) is 18.2 Å². The first-order chi connectivity index (χ1) is 17.0. The number of benzene rings is 1. The quantitative estimate of drug-likeness (QED) is 0.391.